The summed E-state index contributed by atoms with van der Waals surface area (Å²) in [5.41, 5.74) is 9.49. The maximum atomic E-state index is 13.4. The topological polar surface area (TPSA) is 64.8 Å². The molecule has 0 fully saturated rings. The van der Waals surface area contributed by atoms with Crippen LogP contribution in [0.25, 0.3) is 20.2 Å². The van der Waals surface area contributed by atoms with Gasteiger partial charge in [-0.2, -0.15) is 0 Å². The number of fused-ring (bicyclic) bond motifs is 3. The molecule has 0 aliphatic rings. The van der Waals surface area contributed by atoms with Gasteiger partial charge in [-0.1, -0.05) is 78.9 Å². The first-order valence-corrected chi connectivity index (χ1v) is 14.8. The van der Waals surface area contributed by atoms with Crippen molar-refractivity contribution in [1.29, 1.82) is 0 Å². The number of Topliss-reactive ketones (excluding diaryl/α,β-unsaturated/α-hetero) is 1. The van der Waals surface area contributed by atoms with Crippen molar-refractivity contribution in [2.45, 2.75) is 13.2 Å². The van der Waals surface area contributed by atoms with Crippen molar-refractivity contribution in [3.63, 3.8) is 0 Å². The monoisotopic (exact) mass is 572 g/mol. The SMILES string of the molecule is Nc1cc(C(=O)CN(CCOc2ccc3c(c2)sc2ccccc23)Cc2ccccc2)ccc1OCc1ccccc1. The standard InChI is InChI=1S/C36H32N2O3S/c37-32-21-28(15-18-34(32)41-25-27-11-5-2-6-12-27)33(39)24-38(23-26-9-3-1-4-10-26)19-20-40-29-16-17-31-30-13-7-8-14-35(30)42-36(31)22-29/h1-18,21-22H,19-20,23-25,37H2. The number of carbonyl (C=O) groups excluding carboxylic acids is 1. The van der Waals surface area contributed by atoms with E-state index in [0.717, 1.165) is 16.9 Å². The summed E-state index contributed by atoms with van der Waals surface area (Å²) in [4.78, 5) is 15.5. The molecule has 0 saturated heterocycles. The summed E-state index contributed by atoms with van der Waals surface area (Å²) >= 11 is 1.77. The van der Waals surface area contributed by atoms with Gasteiger partial charge in [-0.05, 0) is 53.6 Å². The predicted octanol–water partition coefficient (Wildman–Crippen LogP) is 7.98. The number of nitrogens with zero attached hydrogens (tertiary/aromatic N) is 1. The van der Waals surface area contributed by atoms with E-state index >= 15 is 0 Å². The Morgan fingerprint density at radius 3 is 2.21 bits per heavy atom. The maximum Gasteiger partial charge on any atom is 0.176 e. The minimum absolute atomic E-state index is 0.000985. The summed E-state index contributed by atoms with van der Waals surface area (Å²) in [7, 11) is 0. The molecule has 2 N–H and O–H groups in total. The van der Waals surface area contributed by atoms with Gasteiger partial charge in [0.25, 0.3) is 0 Å². The van der Waals surface area contributed by atoms with Crippen molar-refractivity contribution in [2.75, 3.05) is 25.4 Å². The summed E-state index contributed by atoms with van der Waals surface area (Å²) in [6.07, 6.45) is 0. The quantitative estimate of drug-likeness (QED) is 0.119. The molecule has 0 radical (unpaired) electrons. The molecule has 42 heavy (non-hydrogen) atoms. The lowest BCUT2D eigenvalue weighted by Gasteiger charge is -2.22. The van der Waals surface area contributed by atoms with Crippen LogP contribution in [0, 0.1) is 0 Å². The van der Waals surface area contributed by atoms with Crippen molar-refractivity contribution in [2.24, 2.45) is 0 Å². The first kappa shape index (κ1) is 27.5. The molecule has 1 aromatic heterocycles. The first-order chi connectivity index (χ1) is 20.6. The number of nitrogens with two attached hydrogens (primary N) is 1. The lowest BCUT2D eigenvalue weighted by molar-refractivity contribution is 0.0912. The summed E-state index contributed by atoms with van der Waals surface area (Å²) in [6.45, 7) is 2.36. The molecule has 0 aliphatic carbocycles. The fourth-order valence-electron chi connectivity index (χ4n) is 5.03. The first-order valence-electron chi connectivity index (χ1n) is 14.0. The van der Waals surface area contributed by atoms with Gasteiger partial charge >= 0.3 is 0 Å². The summed E-state index contributed by atoms with van der Waals surface area (Å²) in [5, 5.41) is 2.52. The third-order valence-electron chi connectivity index (χ3n) is 7.21. The highest BCUT2D eigenvalue weighted by molar-refractivity contribution is 7.25. The fourth-order valence-corrected chi connectivity index (χ4v) is 6.16. The van der Waals surface area contributed by atoms with Crippen LogP contribution in [0.3, 0.4) is 0 Å². The molecule has 5 nitrogen and oxygen atoms in total. The zero-order chi connectivity index (χ0) is 28.7. The Kier molecular flexibility index (Phi) is 8.45. The molecular formula is C36H32N2O3S. The van der Waals surface area contributed by atoms with Gasteiger partial charge in [0.2, 0.25) is 0 Å². The van der Waals surface area contributed by atoms with Gasteiger partial charge in [-0.3, -0.25) is 9.69 Å². The van der Waals surface area contributed by atoms with E-state index in [-0.39, 0.29) is 12.3 Å². The Morgan fingerprint density at radius 1 is 0.714 bits per heavy atom. The smallest absolute Gasteiger partial charge is 0.176 e. The number of hydrogen-bond donors (Lipinski definition) is 1. The molecular weight excluding hydrogens is 540 g/mol. The van der Waals surface area contributed by atoms with Crippen LogP contribution in [0.1, 0.15) is 21.5 Å². The fraction of sp³-hybridized carbons (Fsp3) is 0.139. The van der Waals surface area contributed by atoms with E-state index in [0.29, 0.717) is 43.3 Å². The number of carbonyl (C=O) groups is 1. The number of anilines is 1. The molecule has 0 bridgehead atoms. The zero-order valence-electron chi connectivity index (χ0n) is 23.2. The van der Waals surface area contributed by atoms with E-state index < -0.39 is 0 Å². The molecule has 0 spiro atoms. The van der Waals surface area contributed by atoms with Crippen LogP contribution >= 0.6 is 11.3 Å². The number of thiophene rings is 1. The zero-order valence-corrected chi connectivity index (χ0v) is 24.1. The molecule has 210 valence electrons. The molecule has 0 unspecified atom stereocenters. The highest BCUT2D eigenvalue weighted by atomic mass is 32.1. The van der Waals surface area contributed by atoms with Gasteiger partial charge in [0.15, 0.2) is 5.78 Å². The average Bonchev–Trinajstić information content (AvgIpc) is 3.39. The van der Waals surface area contributed by atoms with E-state index in [9.17, 15) is 4.79 Å². The molecule has 0 aliphatic heterocycles. The van der Waals surface area contributed by atoms with Gasteiger partial charge in [0.1, 0.15) is 24.7 Å². The summed E-state index contributed by atoms with van der Waals surface area (Å²) in [6, 6.07) is 40.1. The third-order valence-corrected chi connectivity index (χ3v) is 8.35. The number of ether oxygens (including phenoxy) is 2. The Bertz CT molecular complexity index is 1800. The van der Waals surface area contributed by atoms with E-state index in [2.05, 4.69) is 53.4 Å². The van der Waals surface area contributed by atoms with E-state index in [4.69, 9.17) is 15.2 Å². The van der Waals surface area contributed by atoms with Gasteiger partial charge in [-0.25, -0.2) is 0 Å². The number of hydrogen-bond acceptors (Lipinski definition) is 6. The van der Waals surface area contributed by atoms with Crippen LogP contribution in [0.4, 0.5) is 5.69 Å². The van der Waals surface area contributed by atoms with Crippen molar-refractivity contribution in [3.8, 4) is 11.5 Å². The Hall–Kier alpha value is -4.65. The normalized spacial score (nSPS) is 11.3. The molecule has 6 rings (SSSR count). The minimum atomic E-state index is -0.000985. The molecule has 0 saturated carbocycles. The van der Waals surface area contributed by atoms with Crippen molar-refractivity contribution in [3.05, 3.63) is 138 Å². The van der Waals surface area contributed by atoms with Crippen molar-refractivity contribution < 1.29 is 14.3 Å². The van der Waals surface area contributed by atoms with Crippen LogP contribution in [0.2, 0.25) is 0 Å². The van der Waals surface area contributed by atoms with Crippen LogP contribution in [0.5, 0.6) is 11.5 Å². The van der Waals surface area contributed by atoms with Crippen LogP contribution in [-0.4, -0.2) is 30.4 Å². The van der Waals surface area contributed by atoms with Crippen molar-refractivity contribution in [1.82, 2.24) is 4.90 Å². The van der Waals surface area contributed by atoms with Gasteiger partial charge in [0.05, 0.1) is 12.2 Å². The van der Waals surface area contributed by atoms with E-state index in [1.54, 1.807) is 29.5 Å². The lowest BCUT2D eigenvalue weighted by Crippen LogP contribution is -2.33. The molecule has 0 amide bonds. The molecule has 6 aromatic rings. The number of rotatable bonds is 12. The second-order valence-corrected chi connectivity index (χ2v) is 11.3. The van der Waals surface area contributed by atoms with Crippen molar-refractivity contribution >= 4 is 43.0 Å². The molecule has 0 atom stereocenters. The lowest BCUT2D eigenvalue weighted by atomic mass is 10.1. The second-order valence-electron chi connectivity index (χ2n) is 10.3. The summed E-state index contributed by atoms with van der Waals surface area (Å²) in [5.74, 6) is 1.40. The second kappa shape index (κ2) is 12.9. The summed E-state index contributed by atoms with van der Waals surface area (Å²) < 4.78 is 14.6. The molecule has 1 heterocycles. The van der Waals surface area contributed by atoms with Gasteiger partial charge in [-0.15, -0.1) is 11.3 Å². The van der Waals surface area contributed by atoms with Crippen LogP contribution in [0.15, 0.2) is 121 Å². The third kappa shape index (κ3) is 6.62. The Balaban J connectivity index is 1.11. The highest BCUT2D eigenvalue weighted by Gasteiger charge is 2.16. The largest absolute Gasteiger partial charge is 0.492 e. The molecule has 6 heteroatoms. The predicted molar refractivity (Wildman–Crippen MR) is 173 cm³/mol. The minimum Gasteiger partial charge on any atom is -0.492 e. The maximum absolute atomic E-state index is 13.4. The number of nitrogen functional groups attached to an aromatic ring is 1. The van der Waals surface area contributed by atoms with Gasteiger partial charge in [0, 0.05) is 38.8 Å². The highest BCUT2D eigenvalue weighted by Crippen LogP contribution is 2.35. The Labute approximate surface area is 249 Å². The number of benzene rings is 5. The van der Waals surface area contributed by atoms with E-state index in [1.165, 1.54) is 20.2 Å². The van der Waals surface area contributed by atoms with E-state index in [1.807, 2.05) is 54.6 Å². The number of ketones is 1. The van der Waals surface area contributed by atoms with Crippen LogP contribution in [-0.2, 0) is 13.2 Å². The van der Waals surface area contributed by atoms with Gasteiger partial charge < -0.3 is 15.2 Å². The Morgan fingerprint density at radius 2 is 1.43 bits per heavy atom. The van der Waals surface area contributed by atoms with Crippen LogP contribution < -0.4 is 15.2 Å². The molecule has 5 aromatic carbocycles. The average molecular weight is 573 g/mol.